The van der Waals surface area contributed by atoms with Crippen molar-refractivity contribution in [1.82, 2.24) is 0 Å². The Kier molecular flexibility index (Phi) is 5.14. The second-order valence-corrected chi connectivity index (χ2v) is 8.50. The molecule has 0 saturated carbocycles. The second-order valence-electron chi connectivity index (χ2n) is 4.83. The van der Waals surface area contributed by atoms with Gasteiger partial charge in [-0.15, -0.1) is 0 Å². The van der Waals surface area contributed by atoms with Gasteiger partial charge in [0.1, 0.15) is 0 Å². The summed E-state index contributed by atoms with van der Waals surface area (Å²) in [6.07, 6.45) is 1.11. The van der Waals surface area contributed by atoms with Crippen molar-refractivity contribution in [2.24, 2.45) is 0 Å². The van der Waals surface area contributed by atoms with E-state index in [1.54, 1.807) is 25.1 Å². The van der Waals surface area contributed by atoms with Gasteiger partial charge in [0, 0.05) is 15.4 Å². The number of carbonyl (C=O) groups is 1. The van der Waals surface area contributed by atoms with Crippen LogP contribution in [0, 0.1) is 10.5 Å². The summed E-state index contributed by atoms with van der Waals surface area (Å²) in [7, 11) is -3.37. The van der Waals surface area contributed by atoms with Gasteiger partial charge in [0.2, 0.25) is 0 Å². The predicted octanol–water partition coefficient (Wildman–Crippen LogP) is 3.91. The average Bonchev–Trinajstić information content (AvgIpc) is 2.41. The van der Waals surface area contributed by atoms with E-state index in [9.17, 15) is 13.2 Å². The van der Waals surface area contributed by atoms with Gasteiger partial charge in [-0.3, -0.25) is 4.79 Å². The first-order valence-corrected chi connectivity index (χ1v) is 9.60. The third-order valence-corrected chi connectivity index (χ3v) is 5.16. The Hall–Kier alpha value is -1.12. The van der Waals surface area contributed by atoms with Crippen molar-refractivity contribution in [3.63, 3.8) is 0 Å². The predicted molar refractivity (Wildman–Crippen MR) is 96.4 cm³/mol. The molecular formula is C15H13ClINO3S. The van der Waals surface area contributed by atoms with Gasteiger partial charge in [-0.05, 0) is 65.4 Å². The van der Waals surface area contributed by atoms with Gasteiger partial charge in [0.05, 0.1) is 15.6 Å². The van der Waals surface area contributed by atoms with Crippen LogP contribution >= 0.6 is 34.2 Å². The van der Waals surface area contributed by atoms with E-state index in [0.29, 0.717) is 21.8 Å². The van der Waals surface area contributed by atoms with E-state index in [2.05, 4.69) is 27.9 Å². The molecule has 2 rings (SSSR count). The van der Waals surface area contributed by atoms with E-state index in [1.165, 1.54) is 12.1 Å². The fourth-order valence-corrected chi connectivity index (χ4v) is 3.41. The number of carbonyl (C=O) groups excluding carboxylic acids is 1. The van der Waals surface area contributed by atoms with Crippen LogP contribution in [0.4, 0.5) is 5.69 Å². The molecule has 22 heavy (non-hydrogen) atoms. The van der Waals surface area contributed by atoms with Crippen LogP contribution in [0.5, 0.6) is 0 Å². The fraction of sp³-hybridized carbons (Fsp3) is 0.133. The molecule has 0 aliphatic carbocycles. The molecule has 0 spiro atoms. The SMILES string of the molecule is Cc1ccc(S(C)(=O)=O)cc1C(=O)Nc1ccc(I)cc1Cl. The van der Waals surface area contributed by atoms with Gasteiger partial charge in [0.25, 0.3) is 5.91 Å². The Bertz CT molecular complexity index is 850. The molecule has 0 aromatic heterocycles. The quantitative estimate of drug-likeness (QED) is 0.723. The Morgan fingerprint density at radius 1 is 1.18 bits per heavy atom. The molecule has 0 unspecified atom stereocenters. The van der Waals surface area contributed by atoms with Crippen molar-refractivity contribution in [3.05, 3.63) is 56.1 Å². The highest BCUT2D eigenvalue weighted by molar-refractivity contribution is 14.1. The lowest BCUT2D eigenvalue weighted by molar-refractivity contribution is 0.102. The third kappa shape index (κ3) is 3.99. The minimum absolute atomic E-state index is 0.108. The zero-order valence-electron chi connectivity index (χ0n) is 11.9. The minimum atomic E-state index is -3.37. The molecule has 0 atom stereocenters. The maximum absolute atomic E-state index is 12.4. The summed E-state index contributed by atoms with van der Waals surface area (Å²) in [5.41, 5.74) is 1.47. The summed E-state index contributed by atoms with van der Waals surface area (Å²) < 4.78 is 24.2. The molecule has 1 N–H and O–H groups in total. The topological polar surface area (TPSA) is 63.2 Å². The number of halogens is 2. The maximum atomic E-state index is 12.4. The summed E-state index contributed by atoms with van der Waals surface area (Å²) in [6, 6.07) is 9.73. The van der Waals surface area contributed by atoms with Crippen LogP contribution in [-0.2, 0) is 9.84 Å². The molecular weight excluding hydrogens is 437 g/mol. The van der Waals surface area contributed by atoms with Crippen molar-refractivity contribution < 1.29 is 13.2 Å². The largest absolute Gasteiger partial charge is 0.321 e. The Morgan fingerprint density at radius 3 is 2.45 bits per heavy atom. The third-order valence-electron chi connectivity index (χ3n) is 3.06. The molecule has 0 heterocycles. The number of hydrogen-bond donors (Lipinski definition) is 1. The van der Waals surface area contributed by atoms with Crippen LogP contribution in [0.2, 0.25) is 5.02 Å². The summed E-state index contributed by atoms with van der Waals surface area (Å²) in [5.74, 6) is -0.397. The molecule has 116 valence electrons. The minimum Gasteiger partial charge on any atom is -0.321 e. The Morgan fingerprint density at radius 2 is 1.86 bits per heavy atom. The first-order valence-electron chi connectivity index (χ1n) is 6.25. The number of benzene rings is 2. The number of hydrogen-bond acceptors (Lipinski definition) is 3. The Balaban J connectivity index is 2.37. The lowest BCUT2D eigenvalue weighted by atomic mass is 10.1. The van der Waals surface area contributed by atoms with Crippen molar-refractivity contribution >= 4 is 55.6 Å². The van der Waals surface area contributed by atoms with E-state index in [-0.39, 0.29) is 4.90 Å². The lowest BCUT2D eigenvalue weighted by Crippen LogP contribution is -2.14. The van der Waals surface area contributed by atoms with Crippen LogP contribution in [-0.4, -0.2) is 20.6 Å². The van der Waals surface area contributed by atoms with E-state index in [1.807, 2.05) is 6.07 Å². The molecule has 4 nitrogen and oxygen atoms in total. The van der Waals surface area contributed by atoms with Gasteiger partial charge in [-0.25, -0.2) is 8.42 Å². The molecule has 7 heteroatoms. The van der Waals surface area contributed by atoms with E-state index < -0.39 is 15.7 Å². The normalized spacial score (nSPS) is 11.3. The number of rotatable bonds is 3. The molecule has 0 radical (unpaired) electrons. The number of nitrogens with one attached hydrogen (secondary N) is 1. The number of sulfone groups is 1. The lowest BCUT2D eigenvalue weighted by Gasteiger charge is -2.10. The highest BCUT2D eigenvalue weighted by Gasteiger charge is 2.15. The van der Waals surface area contributed by atoms with Gasteiger partial charge in [-0.2, -0.15) is 0 Å². The smallest absolute Gasteiger partial charge is 0.256 e. The van der Waals surface area contributed by atoms with Crippen molar-refractivity contribution in [3.8, 4) is 0 Å². The molecule has 0 bridgehead atoms. The first-order chi connectivity index (χ1) is 10.2. The summed E-state index contributed by atoms with van der Waals surface area (Å²) in [6.45, 7) is 1.75. The molecule has 0 fully saturated rings. The second kappa shape index (κ2) is 6.55. The average molecular weight is 450 g/mol. The molecule has 2 aromatic rings. The van der Waals surface area contributed by atoms with Crippen molar-refractivity contribution in [1.29, 1.82) is 0 Å². The van der Waals surface area contributed by atoms with Crippen LogP contribution in [0.3, 0.4) is 0 Å². The summed E-state index contributed by atoms with van der Waals surface area (Å²) in [5, 5.41) is 3.13. The molecule has 1 amide bonds. The monoisotopic (exact) mass is 449 g/mol. The molecule has 0 aliphatic heterocycles. The zero-order chi connectivity index (χ0) is 16.5. The van der Waals surface area contributed by atoms with Crippen LogP contribution in [0.25, 0.3) is 0 Å². The zero-order valence-corrected chi connectivity index (χ0v) is 15.6. The highest BCUT2D eigenvalue weighted by atomic mass is 127. The standard InChI is InChI=1S/C15H13ClINO3S/c1-9-3-5-11(22(2,20)21)8-12(9)15(19)18-14-6-4-10(17)7-13(14)16/h3-8H,1-2H3,(H,18,19). The number of anilines is 1. The fourth-order valence-electron chi connectivity index (χ4n) is 1.86. The van der Waals surface area contributed by atoms with E-state index in [0.717, 1.165) is 9.83 Å². The van der Waals surface area contributed by atoms with Gasteiger partial charge < -0.3 is 5.32 Å². The molecule has 0 aliphatic rings. The highest BCUT2D eigenvalue weighted by Crippen LogP contribution is 2.25. The summed E-state index contributed by atoms with van der Waals surface area (Å²) >= 11 is 8.21. The van der Waals surface area contributed by atoms with Crippen LogP contribution < -0.4 is 5.32 Å². The van der Waals surface area contributed by atoms with Gasteiger partial charge >= 0.3 is 0 Å². The van der Waals surface area contributed by atoms with Gasteiger partial charge in [-0.1, -0.05) is 17.7 Å². The number of amides is 1. The van der Waals surface area contributed by atoms with Crippen molar-refractivity contribution in [2.45, 2.75) is 11.8 Å². The van der Waals surface area contributed by atoms with Crippen molar-refractivity contribution in [2.75, 3.05) is 11.6 Å². The first kappa shape index (κ1) is 17.2. The summed E-state index contributed by atoms with van der Waals surface area (Å²) in [4.78, 5) is 12.5. The number of aryl methyl sites for hydroxylation is 1. The van der Waals surface area contributed by atoms with Gasteiger partial charge in [0.15, 0.2) is 9.84 Å². The molecule has 2 aromatic carbocycles. The van der Waals surface area contributed by atoms with Crippen LogP contribution in [0.1, 0.15) is 15.9 Å². The van der Waals surface area contributed by atoms with Crippen LogP contribution in [0.15, 0.2) is 41.3 Å². The molecule has 0 saturated heterocycles. The van der Waals surface area contributed by atoms with E-state index >= 15 is 0 Å². The maximum Gasteiger partial charge on any atom is 0.256 e. The Labute approximate surface area is 147 Å². The van der Waals surface area contributed by atoms with E-state index in [4.69, 9.17) is 11.6 Å².